The third-order valence-electron chi connectivity index (χ3n) is 3.28. The quantitative estimate of drug-likeness (QED) is 0.887. The Morgan fingerprint density at radius 3 is 2.63 bits per heavy atom. The van der Waals surface area contributed by atoms with Crippen LogP contribution in [0.5, 0.6) is 0 Å². The van der Waals surface area contributed by atoms with Gasteiger partial charge < -0.3 is 5.73 Å². The Bertz CT molecular complexity index is 568. The van der Waals surface area contributed by atoms with Crippen molar-refractivity contribution in [1.82, 2.24) is 0 Å². The van der Waals surface area contributed by atoms with Gasteiger partial charge in [0, 0.05) is 11.1 Å². The van der Waals surface area contributed by atoms with Crippen molar-refractivity contribution < 1.29 is 4.39 Å². The Hall–Kier alpha value is -1.38. The maximum Gasteiger partial charge on any atom is 0.123 e. The fourth-order valence-electron chi connectivity index (χ4n) is 2.26. The summed E-state index contributed by atoms with van der Waals surface area (Å²) in [5, 5.41) is 0.561. The van der Waals surface area contributed by atoms with E-state index < -0.39 is 0 Å². The van der Waals surface area contributed by atoms with E-state index in [4.69, 9.17) is 17.3 Å². The zero-order valence-corrected chi connectivity index (χ0v) is 11.6. The molecule has 2 aromatic rings. The van der Waals surface area contributed by atoms with Crippen molar-refractivity contribution in [2.75, 3.05) is 0 Å². The summed E-state index contributed by atoms with van der Waals surface area (Å²) in [6, 6.07) is 12.3. The minimum atomic E-state index is -0.282. The highest BCUT2D eigenvalue weighted by atomic mass is 35.5. The molecule has 0 fully saturated rings. The van der Waals surface area contributed by atoms with Crippen molar-refractivity contribution >= 4 is 11.6 Å². The van der Waals surface area contributed by atoms with Crippen LogP contribution >= 0.6 is 11.6 Å². The van der Waals surface area contributed by atoms with E-state index in [0.717, 1.165) is 17.5 Å². The lowest BCUT2D eigenvalue weighted by Gasteiger charge is -2.16. The van der Waals surface area contributed by atoms with Crippen LogP contribution in [0.3, 0.4) is 0 Å². The van der Waals surface area contributed by atoms with Crippen molar-refractivity contribution in [3.05, 3.63) is 70.0 Å². The topological polar surface area (TPSA) is 26.0 Å². The van der Waals surface area contributed by atoms with Gasteiger partial charge in [-0.1, -0.05) is 42.8 Å². The highest BCUT2D eigenvalue weighted by molar-refractivity contribution is 6.31. The average Bonchev–Trinajstić information content (AvgIpc) is 2.42. The Kier molecular flexibility index (Phi) is 4.56. The molecule has 0 spiro atoms. The first-order chi connectivity index (χ1) is 9.11. The second-order valence-corrected chi connectivity index (χ2v) is 5.01. The molecule has 0 heterocycles. The SMILES string of the molecule is CCc1ccccc1C(N)Cc1cc(F)ccc1Cl. The number of hydrogen-bond acceptors (Lipinski definition) is 1. The van der Waals surface area contributed by atoms with Gasteiger partial charge in [0.1, 0.15) is 5.82 Å². The molecule has 0 aliphatic heterocycles. The van der Waals surface area contributed by atoms with Crippen LogP contribution in [0, 0.1) is 5.82 Å². The van der Waals surface area contributed by atoms with E-state index in [2.05, 4.69) is 13.0 Å². The van der Waals surface area contributed by atoms with E-state index in [1.54, 1.807) is 6.07 Å². The van der Waals surface area contributed by atoms with E-state index in [1.165, 1.54) is 17.7 Å². The Balaban J connectivity index is 2.25. The lowest BCUT2D eigenvalue weighted by Crippen LogP contribution is -2.15. The summed E-state index contributed by atoms with van der Waals surface area (Å²) in [5.41, 5.74) is 9.32. The second kappa shape index (κ2) is 6.18. The lowest BCUT2D eigenvalue weighted by molar-refractivity contribution is 0.621. The Labute approximate surface area is 118 Å². The molecule has 0 aliphatic rings. The van der Waals surface area contributed by atoms with Crippen molar-refractivity contribution in [3.63, 3.8) is 0 Å². The number of rotatable bonds is 4. The third kappa shape index (κ3) is 3.34. The van der Waals surface area contributed by atoms with Crippen LogP contribution in [0.1, 0.15) is 29.7 Å². The maximum absolute atomic E-state index is 13.2. The predicted molar refractivity (Wildman–Crippen MR) is 77.9 cm³/mol. The lowest BCUT2D eigenvalue weighted by atomic mass is 9.94. The molecule has 0 saturated heterocycles. The fraction of sp³-hybridized carbons (Fsp3) is 0.250. The monoisotopic (exact) mass is 277 g/mol. The molecule has 1 unspecified atom stereocenters. The molecule has 2 aromatic carbocycles. The highest BCUT2D eigenvalue weighted by Crippen LogP contribution is 2.25. The number of benzene rings is 2. The minimum absolute atomic E-state index is 0.171. The number of hydrogen-bond donors (Lipinski definition) is 1. The maximum atomic E-state index is 13.2. The van der Waals surface area contributed by atoms with Crippen molar-refractivity contribution in [2.24, 2.45) is 5.73 Å². The van der Waals surface area contributed by atoms with Crippen molar-refractivity contribution in [2.45, 2.75) is 25.8 Å². The molecule has 0 aliphatic carbocycles. The molecule has 3 heteroatoms. The summed E-state index contributed by atoms with van der Waals surface area (Å²) in [6.45, 7) is 2.10. The summed E-state index contributed by atoms with van der Waals surface area (Å²) in [7, 11) is 0. The molecule has 0 radical (unpaired) electrons. The molecule has 0 saturated carbocycles. The Morgan fingerprint density at radius 1 is 1.16 bits per heavy atom. The molecule has 0 bridgehead atoms. The van der Waals surface area contributed by atoms with E-state index in [-0.39, 0.29) is 11.9 Å². The van der Waals surface area contributed by atoms with Crippen LogP contribution in [-0.4, -0.2) is 0 Å². The minimum Gasteiger partial charge on any atom is -0.324 e. The zero-order chi connectivity index (χ0) is 13.8. The summed E-state index contributed by atoms with van der Waals surface area (Å²) in [5.74, 6) is -0.282. The molecule has 0 amide bonds. The molecule has 1 atom stereocenters. The van der Waals surface area contributed by atoms with Gasteiger partial charge in [0.25, 0.3) is 0 Å². The first-order valence-corrected chi connectivity index (χ1v) is 6.77. The van der Waals surface area contributed by atoms with E-state index in [9.17, 15) is 4.39 Å². The molecular formula is C16H17ClFN. The molecule has 2 rings (SSSR count). The molecule has 2 N–H and O–H groups in total. The first-order valence-electron chi connectivity index (χ1n) is 6.39. The van der Waals surface area contributed by atoms with E-state index in [1.807, 2.05) is 18.2 Å². The fourth-order valence-corrected chi connectivity index (χ4v) is 2.46. The summed E-state index contributed by atoms with van der Waals surface area (Å²) < 4.78 is 13.2. The van der Waals surface area contributed by atoms with Gasteiger partial charge in [-0.25, -0.2) is 4.39 Å². The number of nitrogens with two attached hydrogens (primary N) is 1. The molecule has 0 aromatic heterocycles. The molecule has 1 nitrogen and oxygen atoms in total. The van der Waals surface area contributed by atoms with Gasteiger partial charge in [0.15, 0.2) is 0 Å². The largest absolute Gasteiger partial charge is 0.324 e. The van der Waals surface area contributed by atoms with Crippen LogP contribution in [0.4, 0.5) is 4.39 Å². The number of halogens is 2. The first kappa shape index (κ1) is 14.0. The van der Waals surface area contributed by atoms with Gasteiger partial charge >= 0.3 is 0 Å². The van der Waals surface area contributed by atoms with Crippen molar-refractivity contribution in [1.29, 1.82) is 0 Å². The van der Waals surface area contributed by atoms with Gasteiger partial charge in [-0.15, -0.1) is 0 Å². The summed E-state index contributed by atoms with van der Waals surface area (Å²) in [4.78, 5) is 0. The van der Waals surface area contributed by atoms with E-state index >= 15 is 0 Å². The van der Waals surface area contributed by atoms with Gasteiger partial charge in [0.05, 0.1) is 0 Å². The highest BCUT2D eigenvalue weighted by Gasteiger charge is 2.13. The van der Waals surface area contributed by atoms with Gasteiger partial charge in [-0.05, 0) is 47.7 Å². The standard InChI is InChI=1S/C16H17ClFN/c1-2-11-5-3-4-6-14(11)16(19)10-12-9-13(18)7-8-15(12)17/h3-9,16H,2,10,19H2,1H3. The zero-order valence-electron chi connectivity index (χ0n) is 10.9. The van der Waals surface area contributed by atoms with Crippen LogP contribution in [0.2, 0.25) is 5.02 Å². The van der Waals surface area contributed by atoms with Crippen LogP contribution in [0.25, 0.3) is 0 Å². The van der Waals surface area contributed by atoms with Gasteiger partial charge in [-0.3, -0.25) is 0 Å². The number of aryl methyl sites for hydroxylation is 1. The normalized spacial score (nSPS) is 12.4. The smallest absolute Gasteiger partial charge is 0.123 e. The van der Waals surface area contributed by atoms with Crippen LogP contribution in [0.15, 0.2) is 42.5 Å². The third-order valence-corrected chi connectivity index (χ3v) is 3.65. The van der Waals surface area contributed by atoms with Gasteiger partial charge in [-0.2, -0.15) is 0 Å². The average molecular weight is 278 g/mol. The van der Waals surface area contributed by atoms with E-state index in [0.29, 0.717) is 11.4 Å². The summed E-state index contributed by atoms with van der Waals surface area (Å²) >= 11 is 6.08. The van der Waals surface area contributed by atoms with Gasteiger partial charge in [0.2, 0.25) is 0 Å². The molecular weight excluding hydrogens is 261 g/mol. The van der Waals surface area contributed by atoms with Crippen LogP contribution < -0.4 is 5.73 Å². The molecule has 19 heavy (non-hydrogen) atoms. The summed E-state index contributed by atoms with van der Waals surface area (Å²) in [6.07, 6.45) is 1.47. The van der Waals surface area contributed by atoms with Crippen molar-refractivity contribution in [3.8, 4) is 0 Å². The predicted octanol–water partition coefficient (Wildman–Crippen LogP) is 4.28. The Morgan fingerprint density at radius 2 is 1.89 bits per heavy atom. The molecule has 100 valence electrons. The van der Waals surface area contributed by atoms with Crippen LogP contribution in [-0.2, 0) is 12.8 Å². The second-order valence-electron chi connectivity index (χ2n) is 4.60.